The van der Waals surface area contributed by atoms with Gasteiger partial charge in [0, 0.05) is 24.2 Å². The maximum Gasteiger partial charge on any atom is 0.268 e. The normalized spacial score (nSPS) is 17.9. The molecule has 0 spiro atoms. The predicted molar refractivity (Wildman–Crippen MR) is 128 cm³/mol. The molecule has 1 aliphatic heterocycles. The largest absolute Gasteiger partial charge is 0.497 e. The molecule has 10 nitrogen and oxygen atoms in total. The van der Waals surface area contributed by atoms with Crippen LogP contribution in [0.4, 0.5) is 5.69 Å². The second kappa shape index (κ2) is 9.76. The average molecular weight is 518 g/mol. The minimum atomic E-state index is -4.28. The van der Waals surface area contributed by atoms with Crippen LogP contribution in [0.2, 0.25) is 0 Å². The zero-order valence-electron chi connectivity index (χ0n) is 18.8. The Morgan fingerprint density at radius 3 is 2.40 bits per heavy atom. The number of carbonyl (C=O) groups is 2. The van der Waals surface area contributed by atoms with Crippen LogP contribution in [0.1, 0.15) is 26.2 Å². The van der Waals surface area contributed by atoms with Crippen molar-refractivity contribution in [2.45, 2.75) is 23.6 Å². The first-order valence-corrected chi connectivity index (χ1v) is 12.7. The van der Waals surface area contributed by atoms with Crippen LogP contribution < -0.4 is 15.1 Å². The highest BCUT2D eigenvalue weighted by Gasteiger charge is 2.46. The number of aliphatic hydroxyl groups excluding tert-OH is 1. The summed E-state index contributed by atoms with van der Waals surface area (Å²) in [6, 6.07) is 14.4. The zero-order chi connectivity index (χ0) is 25.3. The van der Waals surface area contributed by atoms with Crippen molar-refractivity contribution in [1.82, 2.24) is 9.79 Å². The first kappa shape index (κ1) is 24.8. The van der Waals surface area contributed by atoms with E-state index in [0.29, 0.717) is 17.0 Å². The summed E-state index contributed by atoms with van der Waals surface area (Å²) in [4.78, 5) is 27.5. The second-order valence-electron chi connectivity index (χ2n) is 7.79. The number of nitrogens with zero attached hydrogens (tertiary/aromatic N) is 2. The number of benzene rings is 2. The Morgan fingerprint density at radius 2 is 1.80 bits per heavy atom. The molecule has 184 valence electrons. The molecule has 2 aromatic carbocycles. The van der Waals surface area contributed by atoms with Gasteiger partial charge in [0.25, 0.3) is 11.8 Å². The molecule has 0 radical (unpaired) electrons. The SMILES string of the molecule is COc1ccc(S(=O)(=O)N2Cc3cc(C(=O)N(C)c4ccccc4)sc3[C@@H](O)[C@@H]2C(=O)NO)cc1. The lowest BCUT2D eigenvalue weighted by Crippen LogP contribution is -2.53. The van der Waals surface area contributed by atoms with E-state index in [0.717, 1.165) is 15.6 Å². The number of aliphatic hydroxyl groups is 1. The lowest BCUT2D eigenvalue weighted by atomic mass is 10.0. The van der Waals surface area contributed by atoms with Crippen molar-refractivity contribution in [3.63, 3.8) is 0 Å². The number of hydroxylamine groups is 1. The number of methoxy groups -OCH3 is 1. The summed E-state index contributed by atoms with van der Waals surface area (Å²) in [5, 5.41) is 20.3. The second-order valence-corrected chi connectivity index (χ2v) is 10.8. The summed E-state index contributed by atoms with van der Waals surface area (Å²) in [6.07, 6.45) is -1.60. The summed E-state index contributed by atoms with van der Waals surface area (Å²) in [5.41, 5.74) is 2.49. The fourth-order valence-corrected chi connectivity index (χ4v) is 6.62. The smallest absolute Gasteiger partial charge is 0.268 e. The van der Waals surface area contributed by atoms with Gasteiger partial charge >= 0.3 is 0 Å². The molecule has 0 saturated heterocycles. The quantitative estimate of drug-likeness (QED) is 0.337. The number of carbonyl (C=O) groups excluding carboxylic acids is 2. The van der Waals surface area contributed by atoms with Crippen LogP contribution in [0.25, 0.3) is 0 Å². The van der Waals surface area contributed by atoms with Gasteiger partial charge in [-0.25, -0.2) is 13.9 Å². The molecule has 0 bridgehead atoms. The molecule has 0 unspecified atom stereocenters. The van der Waals surface area contributed by atoms with Crippen molar-refractivity contribution in [2.75, 3.05) is 19.1 Å². The molecule has 3 N–H and O–H groups in total. The van der Waals surface area contributed by atoms with E-state index in [1.165, 1.54) is 47.8 Å². The van der Waals surface area contributed by atoms with E-state index in [1.54, 1.807) is 31.3 Å². The fourth-order valence-electron chi connectivity index (χ4n) is 3.88. The van der Waals surface area contributed by atoms with Crippen molar-refractivity contribution in [2.24, 2.45) is 0 Å². The Hall–Kier alpha value is -3.29. The minimum absolute atomic E-state index is 0.125. The highest BCUT2D eigenvalue weighted by atomic mass is 32.2. The molecule has 3 aromatic rings. The van der Waals surface area contributed by atoms with Crippen LogP contribution >= 0.6 is 11.3 Å². The molecule has 0 saturated carbocycles. The Kier molecular flexibility index (Phi) is 6.92. The molecule has 2 atom stereocenters. The van der Waals surface area contributed by atoms with Crippen molar-refractivity contribution in [1.29, 1.82) is 0 Å². The monoisotopic (exact) mass is 517 g/mol. The lowest BCUT2D eigenvalue weighted by molar-refractivity contribution is -0.137. The van der Waals surface area contributed by atoms with E-state index < -0.39 is 28.1 Å². The zero-order valence-corrected chi connectivity index (χ0v) is 20.4. The molecule has 0 fully saturated rings. The standard InChI is InChI=1S/C23H23N3O7S2/c1-25(15-6-4-3-5-7-15)23(29)18-12-14-13-26(19(22(28)24-30)20(27)21(14)34-18)35(31,32)17-10-8-16(33-2)9-11-17/h3-12,19-20,27,30H,13H2,1-2H3,(H,24,28)/t19-,20+/m1/s1. The Bertz CT molecular complexity index is 1340. The summed E-state index contributed by atoms with van der Waals surface area (Å²) < 4.78 is 32.8. The van der Waals surface area contributed by atoms with E-state index >= 15 is 0 Å². The first-order valence-electron chi connectivity index (χ1n) is 10.4. The third-order valence-corrected chi connectivity index (χ3v) is 8.83. The van der Waals surface area contributed by atoms with E-state index in [2.05, 4.69) is 0 Å². The first-order chi connectivity index (χ1) is 16.7. The van der Waals surface area contributed by atoms with Crippen molar-refractivity contribution < 1.29 is 33.1 Å². The van der Waals surface area contributed by atoms with Crippen LogP contribution in [0, 0.1) is 0 Å². The van der Waals surface area contributed by atoms with Gasteiger partial charge in [-0.2, -0.15) is 4.31 Å². The Balaban J connectivity index is 1.72. The molecule has 2 amide bonds. The van der Waals surface area contributed by atoms with Crippen molar-refractivity contribution in [3.8, 4) is 5.75 Å². The van der Waals surface area contributed by atoms with E-state index in [9.17, 15) is 28.3 Å². The number of amides is 2. The van der Waals surface area contributed by atoms with Crippen LogP contribution in [0.15, 0.2) is 65.6 Å². The third kappa shape index (κ3) is 4.54. The number of hydrogen-bond acceptors (Lipinski definition) is 8. The summed E-state index contributed by atoms with van der Waals surface area (Å²) >= 11 is 0.979. The van der Waals surface area contributed by atoms with Crippen molar-refractivity contribution in [3.05, 3.63) is 76.0 Å². The van der Waals surface area contributed by atoms with Crippen molar-refractivity contribution >= 4 is 38.9 Å². The van der Waals surface area contributed by atoms with Gasteiger partial charge in [0.1, 0.15) is 17.9 Å². The number of para-hydroxylation sites is 1. The fraction of sp³-hybridized carbons (Fsp3) is 0.217. The number of anilines is 1. The summed E-state index contributed by atoms with van der Waals surface area (Å²) in [7, 11) is -1.23. The van der Waals surface area contributed by atoms with Gasteiger partial charge in [-0.05, 0) is 48.0 Å². The number of rotatable bonds is 6. The molecule has 12 heteroatoms. The Morgan fingerprint density at radius 1 is 1.14 bits per heavy atom. The minimum Gasteiger partial charge on any atom is -0.497 e. The summed E-state index contributed by atoms with van der Waals surface area (Å²) in [6.45, 7) is -0.280. The van der Waals surface area contributed by atoms with Crippen LogP contribution in [-0.4, -0.2) is 55.1 Å². The maximum absolute atomic E-state index is 13.4. The van der Waals surface area contributed by atoms with Gasteiger partial charge in [-0.15, -0.1) is 11.3 Å². The number of ether oxygens (including phenoxy) is 1. The van der Waals surface area contributed by atoms with Gasteiger partial charge in [0.2, 0.25) is 10.0 Å². The molecule has 0 aliphatic carbocycles. The van der Waals surface area contributed by atoms with Crippen LogP contribution in [0.3, 0.4) is 0 Å². The van der Waals surface area contributed by atoms with E-state index in [1.807, 2.05) is 6.07 Å². The molecular weight excluding hydrogens is 494 g/mol. The number of hydrogen-bond donors (Lipinski definition) is 3. The predicted octanol–water partition coefficient (Wildman–Crippen LogP) is 2.15. The third-order valence-electron chi connectivity index (χ3n) is 5.75. The molecule has 35 heavy (non-hydrogen) atoms. The maximum atomic E-state index is 13.4. The van der Waals surface area contributed by atoms with Crippen LogP contribution in [-0.2, 0) is 21.4 Å². The molecule has 1 aliphatic rings. The number of nitrogens with one attached hydrogen (secondary N) is 1. The topological polar surface area (TPSA) is 136 Å². The van der Waals surface area contributed by atoms with Gasteiger partial charge in [-0.3, -0.25) is 14.8 Å². The number of thiophene rings is 1. The number of sulfonamides is 1. The number of fused-ring (bicyclic) bond motifs is 1. The van der Waals surface area contributed by atoms with E-state index in [4.69, 9.17) is 4.74 Å². The van der Waals surface area contributed by atoms with Gasteiger partial charge in [-0.1, -0.05) is 18.2 Å². The highest BCUT2D eigenvalue weighted by molar-refractivity contribution is 7.89. The molecule has 2 heterocycles. The van der Waals surface area contributed by atoms with E-state index in [-0.39, 0.29) is 27.1 Å². The van der Waals surface area contributed by atoms with Gasteiger partial charge in [0.05, 0.1) is 16.9 Å². The van der Waals surface area contributed by atoms with Crippen LogP contribution in [0.5, 0.6) is 5.75 Å². The lowest BCUT2D eigenvalue weighted by Gasteiger charge is -2.36. The van der Waals surface area contributed by atoms with Gasteiger partial charge in [0.15, 0.2) is 0 Å². The molecule has 4 rings (SSSR count). The molecular formula is C23H23N3O7S2. The average Bonchev–Trinajstić information content (AvgIpc) is 3.32. The highest BCUT2D eigenvalue weighted by Crippen LogP contribution is 2.40. The summed E-state index contributed by atoms with van der Waals surface area (Å²) in [5.74, 6) is -1.00. The van der Waals surface area contributed by atoms with Gasteiger partial charge < -0.3 is 14.7 Å². The molecule has 1 aromatic heterocycles. The Labute approximate surface area is 206 Å².